The summed E-state index contributed by atoms with van der Waals surface area (Å²) in [5, 5.41) is -10.8. The molecule has 0 amide bonds. The van der Waals surface area contributed by atoms with Crippen LogP contribution in [0.3, 0.4) is 0 Å². The number of halogens is 10. The van der Waals surface area contributed by atoms with E-state index in [2.05, 4.69) is 23.2 Å². The van der Waals surface area contributed by atoms with Gasteiger partial charge in [-0.25, -0.2) is 8.78 Å². The number of alkyl halides is 10. The summed E-state index contributed by atoms with van der Waals surface area (Å²) >= 11 is 8.07. The summed E-state index contributed by atoms with van der Waals surface area (Å²) in [4.78, 5) is 0. The fourth-order valence-electron chi connectivity index (χ4n) is 0.986. The topological polar surface area (TPSA) is 0 Å². The van der Waals surface area contributed by atoms with Crippen molar-refractivity contribution in [2.24, 2.45) is 0 Å². The molecule has 0 unspecified atom stereocenters. The summed E-state index contributed by atoms with van der Waals surface area (Å²) < 4.78 is 99.8. The number of hydrogen-bond donors (Lipinski definition) is 0. The highest BCUT2D eigenvalue weighted by atomic mass is 35.5. The largest absolute Gasteiger partial charge is 0.381 e. The van der Waals surface area contributed by atoms with Crippen LogP contribution in [0.1, 0.15) is 0 Å². The molecular formula is C5Cl2F8. The Morgan fingerprint density at radius 1 is 0.467 bits per heavy atom. The monoisotopic (exact) mass is 282 g/mol. The first-order chi connectivity index (χ1) is 6.25. The molecule has 1 saturated carbocycles. The molecule has 1 rings (SSSR count). The Bertz CT molecular complexity index is 206. The minimum atomic E-state index is -6.33. The molecule has 0 N–H and O–H groups in total. The minimum absolute atomic E-state index is 4.04. The van der Waals surface area contributed by atoms with Gasteiger partial charge in [-0.15, -0.1) is 0 Å². The van der Waals surface area contributed by atoms with E-state index in [1.807, 2.05) is 0 Å². The van der Waals surface area contributed by atoms with Crippen LogP contribution in [0.5, 0.6) is 0 Å². The normalized spacial score (nSPS) is 46.8. The predicted octanol–water partition coefficient (Wildman–Crippen LogP) is 3.72. The molecule has 0 nitrogen and oxygen atoms in total. The molecule has 90 valence electrons. The lowest BCUT2D eigenvalue weighted by atomic mass is 10.2. The van der Waals surface area contributed by atoms with Gasteiger partial charge in [-0.2, -0.15) is 26.3 Å². The van der Waals surface area contributed by atoms with Gasteiger partial charge in [-0.3, -0.25) is 0 Å². The fourth-order valence-corrected chi connectivity index (χ4v) is 1.46. The molecular weight excluding hydrogens is 283 g/mol. The molecule has 0 radical (unpaired) electrons. The molecule has 0 bridgehead atoms. The van der Waals surface area contributed by atoms with E-state index in [9.17, 15) is 35.1 Å². The summed E-state index contributed by atoms with van der Waals surface area (Å²) in [5.41, 5.74) is 0. The zero-order chi connectivity index (χ0) is 12.5. The maximum absolute atomic E-state index is 12.7. The molecule has 0 saturated heterocycles. The summed E-state index contributed by atoms with van der Waals surface area (Å²) in [7, 11) is 0. The van der Waals surface area contributed by atoms with E-state index in [0.29, 0.717) is 0 Å². The average molecular weight is 283 g/mol. The van der Waals surface area contributed by atoms with Crippen LogP contribution < -0.4 is 0 Å². The van der Waals surface area contributed by atoms with Crippen LogP contribution in [0.15, 0.2) is 0 Å². The molecule has 0 aromatic carbocycles. The summed E-state index contributed by atoms with van der Waals surface area (Å²) in [5.74, 6) is -18.6. The predicted molar refractivity (Wildman–Crippen MR) is 34.2 cm³/mol. The molecule has 0 spiro atoms. The Morgan fingerprint density at radius 3 is 0.733 bits per heavy atom. The summed E-state index contributed by atoms with van der Waals surface area (Å²) in [6.07, 6.45) is 0. The van der Waals surface area contributed by atoms with Crippen molar-refractivity contribution in [3.05, 3.63) is 0 Å². The van der Waals surface area contributed by atoms with Crippen molar-refractivity contribution in [1.82, 2.24) is 0 Å². The van der Waals surface area contributed by atoms with Crippen molar-refractivity contribution in [2.75, 3.05) is 0 Å². The van der Waals surface area contributed by atoms with E-state index in [1.165, 1.54) is 0 Å². The van der Waals surface area contributed by atoms with Gasteiger partial charge < -0.3 is 0 Å². The van der Waals surface area contributed by atoms with Gasteiger partial charge in [0, 0.05) is 0 Å². The molecule has 1 aliphatic rings. The van der Waals surface area contributed by atoms with Gasteiger partial charge in [0.1, 0.15) is 0 Å². The van der Waals surface area contributed by atoms with Crippen molar-refractivity contribution in [2.45, 2.75) is 28.0 Å². The van der Waals surface area contributed by atoms with Crippen LogP contribution in [0.2, 0.25) is 0 Å². The van der Waals surface area contributed by atoms with Crippen molar-refractivity contribution >= 4 is 23.2 Å². The van der Waals surface area contributed by atoms with Crippen LogP contribution in [-0.2, 0) is 0 Å². The number of rotatable bonds is 0. The average Bonchev–Trinajstić information content (AvgIpc) is 2.04. The van der Waals surface area contributed by atoms with Crippen molar-refractivity contribution < 1.29 is 35.1 Å². The van der Waals surface area contributed by atoms with Gasteiger partial charge in [0.2, 0.25) is 0 Å². The van der Waals surface area contributed by atoms with Gasteiger partial charge in [-0.1, -0.05) is 23.2 Å². The first-order valence-electron chi connectivity index (χ1n) is 3.14. The smallest absolute Gasteiger partial charge is 0.214 e. The van der Waals surface area contributed by atoms with Crippen LogP contribution in [-0.4, -0.2) is 28.0 Å². The maximum Gasteiger partial charge on any atom is 0.381 e. The second kappa shape index (κ2) is 2.64. The lowest BCUT2D eigenvalue weighted by Crippen LogP contribution is -2.50. The standard InChI is InChI=1S/C5Cl2F8/c6-1(8)2(7,9)4(12,13)5(14,15)3(1,10)11/t1-,2-/m1/s1. The van der Waals surface area contributed by atoms with Crippen LogP contribution in [0.4, 0.5) is 35.1 Å². The van der Waals surface area contributed by atoms with E-state index >= 15 is 0 Å². The number of hydrogen-bond acceptors (Lipinski definition) is 0. The molecule has 1 aliphatic carbocycles. The van der Waals surface area contributed by atoms with Crippen molar-refractivity contribution in [3.63, 3.8) is 0 Å². The van der Waals surface area contributed by atoms with Gasteiger partial charge in [0.15, 0.2) is 0 Å². The first kappa shape index (κ1) is 13.1. The van der Waals surface area contributed by atoms with Gasteiger partial charge >= 0.3 is 28.0 Å². The molecule has 1 fully saturated rings. The SMILES string of the molecule is FC1(F)C(F)(F)[C@@](F)(Cl)[C@](F)(Cl)C1(F)F. The first-order valence-corrected chi connectivity index (χ1v) is 3.90. The Balaban J connectivity index is 3.55. The highest BCUT2D eigenvalue weighted by Crippen LogP contribution is 2.71. The van der Waals surface area contributed by atoms with E-state index in [0.717, 1.165) is 0 Å². The van der Waals surface area contributed by atoms with E-state index in [-0.39, 0.29) is 0 Å². The Hall–Kier alpha value is 0.0200. The molecule has 0 aromatic heterocycles. The highest BCUT2D eigenvalue weighted by molar-refractivity contribution is 6.35. The molecule has 0 heterocycles. The second-order valence-corrected chi connectivity index (χ2v) is 3.91. The quantitative estimate of drug-likeness (QED) is 0.469. The third-order valence-electron chi connectivity index (χ3n) is 1.97. The fraction of sp³-hybridized carbons (Fsp3) is 1.00. The van der Waals surface area contributed by atoms with Crippen molar-refractivity contribution in [3.8, 4) is 0 Å². The molecule has 2 atom stereocenters. The molecule has 0 aliphatic heterocycles. The maximum atomic E-state index is 12.7. The van der Waals surface area contributed by atoms with Gasteiger partial charge in [0.25, 0.3) is 0 Å². The van der Waals surface area contributed by atoms with Gasteiger partial charge in [0.05, 0.1) is 0 Å². The van der Waals surface area contributed by atoms with Gasteiger partial charge in [-0.05, 0) is 0 Å². The second-order valence-electron chi connectivity index (χ2n) is 2.87. The summed E-state index contributed by atoms with van der Waals surface area (Å²) in [6, 6.07) is 0. The lowest BCUT2D eigenvalue weighted by Gasteiger charge is -2.25. The molecule has 15 heavy (non-hydrogen) atoms. The van der Waals surface area contributed by atoms with E-state index in [1.54, 1.807) is 0 Å². The zero-order valence-corrected chi connectivity index (χ0v) is 7.79. The van der Waals surface area contributed by atoms with Crippen LogP contribution in [0.25, 0.3) is 0 Å². The van der Waals surface area contributed by atoms with Crippen LogP contribution >= 0.6 is 23.2 Å². The third kappa shape index (κ3) is 0.999. The van der Waals surface area contributed by atoms with Crippen molar-refractivity contribution in [1.29, 1.82) is 0 Å². The molecule has 10 heteroatoms. The Morgan fingerprint density at radius 2 is 0.667 bits per heavy atom. The third-order valence-corrected chi connectivity index (χ3v) is 3.06. The zero-order valence-electron chi connectivity index (χ0n) is 6.28. The minimum Gasteiger partial charge on any atom is -0.214 e. The molecule has 0 aromatic rings. The highest BCUT2D eigenvalue weighted by Gasteiger charge is 2.99. The van der Waals surface area contributed by atoms with E-state index in [4.69, 9.17) is 0 Å². The summed E-state index contributed by atoms with van der Waals surface area (Å²) in [6.45, 7) is 0. The Kier molecular flexibility index (Phi) is 2.30. The lowest BCUT2D eigenvalue weighted by molar-refractivity contribution is -0.285. The Labute approximate surface area is 87.1 Å². The van der Waals surface area contributed by atoms with Crippen LogP contribution in [0, 0.1) is 0 Å². The van der Waals surface area contributed by atoms with E-state index < -0.39 is 28.0 Å².